The maximum atomic E-state index is 6.20. The largest absolute Gasteiger partial charge is 0.349 e. The quantitative estimate of drug-likeness (QED) is 0.787. The first-order valence-electron chi connectivity index (χ1n) is 6.54. The summed E-state index contributed by atoms with van der Waals surface area (Å²) in [6, 6.07) is 2.58. The molecule has 100 valence electrons. The van der Waals surface area contributed by atoms with Gasteiger partial charge in [0.15, 0.2) is 0 Å². The summed E-state index contributed by atoms with van der Waals surface area (Å²) in [7, 11) is 0. The van der Waals surface area contributed by atoms with Crippen molar-refractivity contribution in [3.8, 4) is 0 Å². The molecule has 3 rings (SSSR count). The first kappa shape index (κ1) is 12.9. The summed E-state index contributed by atoms with van der Waals surface area (Å²) in [5.41, 5.74) is 2.47. The van der Waals surface area contributed by atoms with E-state index in [0.29, 0.717) is 11.2 Å². The molecule has 2 aromatic heterocycles. The number of thiophene rings is 1. The second kappa shape index (κ2) is 5.10. The number of hydrogen-bond donors (Lipinski definition) is 0. The van der Waals surface area contributed by atoms with Crippen molar-refractivity contribution in [3.05, 3.63) is 38.9 Å². The smallest absolute Gasteiger partial charge is 0.137 e. The van der Waals surface area contributed by atoms with Crippen LogP contribution in [0.15, 0.2) is 17.8 Å². The molecule has 0 saturated carbocycles. The Morgan fingerprint density at radius 1 is 1.47 bits per heavy atom. The van der Waals surface area contributed by atoms with Crippen molar-refractivity contribution < 1.29 is 0 Å². The highest BCUT2D eigenvalue weighted by Gasteiger charge is 2.27. The van der Waals surface area contributed by atoms with Gasteiger partial charge in [-0.05, 0) is 36.8 Å². The molecule has 0 saturated heterocycles. The fourth-order valence-corrected chi connectivity index (χ4v) is 3.96. The van der Waals surface area contributed by atoms with Crippen LogP contribution in [-0.2, 0) is 12.8 Å². The molecule has 2 aromatic rings. The molecule has 1 aliphatic heterocycles. The van der Waals surface area contributed by atoms with Crippen LogP contribution < -0.4 is 4.90 Å². The molecule has 19 heavy (non-hydrogen) atoms. The number of halogens is 1. The zero-order valence-electron chi connectivity index (χ0n) is 11.1. The van der Waals surface area contributed by atoms with Gasteiger partial charge in [0.05, 0.1) is 6.04 Å². The van der Waals surface area contributed by atoms with Crippen molar-refractivity contribution >= 4 is 28.8 Å². The lowest BCUT2D eigenvalue weighted by Gasteiger charge is -2.35. The van der Waals surface area contributed by atoms with Gasteiger partial charge in [0.25, 0.3) is 0 Å². The predicted molar refractivity (Wildman–Crippen MR) is 80.2 cm³/mol. The highest BCUT2D eigenvalue weighted by molar-refractivity contribution is 7.10. The van der Waals surface area contributed by atoms with Gasteiger partial charge in [-0.1, -0.05) is 18.5 Å². The average molecular weight is 294 g/mol. The van der Waals surface area contributed by atoms with Gasteiger partial charge in [0, 0.05) is 17.0 Å². The topological polar surface area (TPSA) is 29.0 Å². The van der Waals surface area contributed by atoms with E-state index in [9.17, 15) is 0 Å². The molecule has 1 aliphatic rings. The summed E-state index contributed by atoms with van der Waals surface area (Å²) in [6.45, 7) is 5.33. The molecule has 1 atom stereocenters. The van der Waals surface area contributed by atoms with Crippen LogP contribution in [0.2, 0.25) is 5.15 Å². The van der Waals surface area contributed by atoms with Crippen LogP contribution in [0.1, 0.15) is 35.9 Å². The van der Waals surface area contributed by atoms with Crippen LogP contribution in [0.4, 0.5) is 5.82 Å². The van der Waals surface area contributed by atoms with E-state index in [2.05, 4.69) is 40.2 Å². The van der Waals surface area contributed by atoms with Crippen molar-refractivity contribution in [2.24, 2.45) is 0 Å². The monoisotopic (exact) mass is 293 g/mol. The molecular weight excluding hydrogens is 278 g/mol. The highest BCUT2D eigenvalue weighted by atomic mass is 35.5. The van der Waals surface area contributed by atoms with E-state index in [1.807, 2.05) is 11.3 Å². The van der Waals surface area contributed by atoms with Crippen LogP contribution >= 0.6 is 22.9 Å². The Morgan fingerprint density at radius 3 is 3.11 bits per heavy atom. The number of aromatic nitrogens is 2. The number of hydrogen-bond acceptors (Lipinski definition) is 4. The summed E-state index contributed by atoms with van der Waals surface area (Å²) < 4.78 is 0. The minimum atomic E-state index is 0.353. The van der Waals surface area contributed by atoms with E-state index < -0.39 is 0 Å². The van der Waals surface area contributed by atoms with Crippen LogP contribution in [-0.4, -0.2) is 16.5 Å². The first-order valence-corrected chi connectivity index (χ1v) is 7.80. The molecule has 0 spiro atoms. The van der Waals surface area contributed by atoms with Gasteiger partial charge in [-0.15, -0.1) is 11.3 Å². The van der Waals surface area contributed by atoms with Crippen LogP contribution in [0.5, 0.6) is 0 Å². The van der Waals surface area contributed by atoms with Gasteiger partial charge in [-0.25, -0.2) is 9.97 Å². The van der Waals surface area contributed by atoms with Crippen LogP contribution in [0, 0.1) is 0 Å². The summed E-state index contributed by atoms with van der Waals surface area (Å²) in [5.74, 6) is 0.992. The molecule has 3 nitrogen and oxygen atoms in total. The number of fused-ring (bicyclic) bond motifs is 1. The van der Waals surface area contributed by atoms with Gasteiger partial charge in [0.1, 0.15) is 17.3 Å². The maximum Gasteiger partial charge on any atom is 0.137 e. The third-order valence-corrected chi connectivity index (χ3v) is 5.10. The Bertz CT molecular complexity index is 596. The number of rotatable bonds is 2. The molecular formula is C14H16ClN3S. The zero-order chi connectivity index (χ0) is 13.4. The van der Waals surface area contributed by atoms with Gasteiger partial charge < -0.3 is 4.90 Å². The predicted octanol–water partition coefficient (Wildman–Crippen LogP) is 3.88. The van der Waals surface area contributed by atoms with E-state index >= 15 is 0 Å². The average Bonchev–Trinajstić information content (AvgIpc) is 2.88. The minimum absolute atomic E-state index is 0.353. The SMILES string of the molecule is CCc1c(Cl)ncnc1N1CCc2sccc2C1C. The minimum Gasteiger partial charge on any atom is -0.349 e. The Kier molecular flexibility index (Phi) is 3.46. The standard InChI is InChI=1S/C14H16ClN3S/c1-3-10-13(15)16-8-17-14(10)18-6-4-12-11(9(18)2)5-7-19-12/h5,7-9H,3-4,6H2,1-2H3. The normalized spacial score (nSPS) is 18.5. The Morgan fingerprint density at radius 2 is 2.32 bits per heavy atom. The van der Waals surface area contributed by atoms with E-state index in [-0.39, 0.29) is 0 Å². The molecule has 0 aliphatic carbocycles. The van der Waals surface area contributed by atoms with Gasteiger partial charge in [0.2, 0.25) is 0 Å². The molecule has 0 radical (unpaired) electrons. The Balaban J connectivity index is 2.02. The highest BCUT2D eigenvalue weighted by Crippen LogP contribution is 2.37. The molecule has 1 unspecified atom stereocenters. The first-order chi connectivity index (χ1) is 9.22. The molecule has 5 heteroatoms. The molecule has 0 amide bonds. The summed E-state index contributed by atoms with van der Waals surface area (Å²) in [4.78, 5) is 12.4. The van der Waals surface area contributed by atoms with E-state index in [0.717, 1.165) is 30.8 Å². The fraction of sp³-hybridized carbons (Fsp3) is 0.429. The summed E-state index contributed by atoms with van der Waals surface area (Å²) in [6.07, 6.45) is 3.50. The molecule has 0 fully saturated rings. The third kappa shape index (κ3) is 2.13. The van der Waals surface area contributed by atoms with Crippen molar-refractivity contribution in [3.63, 3.8) is 0 Å². The van der Waals surface area contributed by atoms with Gasteiger partial charge in [-0.2, -0.15) is 0 Å². The van der Waals surface area contributed by atoms with Crippen LogP contribution in [0.3, 0.4) is 0 Å². The lowest BCUT2D eigenvalue weighted by molar-refractivity contribution is 0.620. The van der Waals surface area contributed by atoms with E-state index in [1.165, 1.54) is 10.4 Å². The van der Waals surface area contributed by atoms with Crippen LogP contribution in [0.25, 0.3) is 0 Å². The Hall–Kier alpha value is -1.13. The van der Waals surface area contributed by atoms with Crippen molar-refractivity contribution in [2.45, 2.75) is 32.7 Å². The van der Waals surface area contributed by atoms with E-state index in [1.54, 1.807) is 6.33 Å². The number of nitrogens with zero attached hydrogens (tertiary/aromatic N) is 3. The zero-order valence-corrected chi connectivity index (χ0v) is 12.6. The lowest BCUT2D eigenvalue weighted by atomic mass is 10.0. The fourth-order valence-electron chi connectivity index (χ4n) is 2.73. The molecule has 0 bridgehead atoms. The molecule has 0 aromatic carbocycles. The second-order valence-corrected chi connectivity index (χ2v) is 6.10. The lowest BCUT2D eigenvalue weighted by Crippen LogP contribution is -2.34. The Labute approximate surface area is 122 Å². The van der Waals surface area contributed by atoms with Gasteiger partial charge in [-0.3, -0.25) is 0 Å². The summed E-state index contributed by atoms with van der Waals surface area (Å²) in [5, 5.41) is 2.76. The summed E-state index contributed by atoms with van der Waals surface area (Å²) >= 11 is 8.05. The van der Waals surface area contributed by atoms with E-state index in [4.69, 9.17) is 11.6 Å². The second-order valence-electron chi connectivity index (χ2n) is 4.74. The third-order valence-electron chi connectivity index (χ3n) is 3.77. The van der Waals surface area contributed by atoms with Crippen molar-refractivity contribution in [1.82, 2.24) is 9.97 Å². The maximum absolute atomic E-state index is 6.20. The molecule has 3 heterocycles. The number of anilines is 1. The van der Waals surface area contributed by atoms with Crippen molar-refractivity contribution in [1.29, 1.82) is 0 Å². The van der Waals surface area contributed by atoms with Crippen molar-refractivity contribution in [2.75, 3.05) is 11.4 Å². The van der Waals surface area contributed by atoms with Gasteiger partial charge >= 0.3 is 0 Å². The molecule has 0 N–H and O–H groups in total.